The first-order valence-corrected chi connectivity index (χ1v) is 13.7. The van der Waals surface area contributed by atoms with Crippen molar-refractivity contribution in [3.05, 3.63) is 93.5 Å². The molecule has 0 unspecified atom stereocenters. The maximum Gasteiger partial charge on any atom is 0.341 e. The molecule has 1 amide bonds. The predicted octanol–water partition coefficient (Wildman–Crippen LogP) is 6.74. The molecule has 0 bridgehead atoms. The van der Waals surface area contributed by atoms with Gasteiger partial charge >= 0.3 is 5.97 Å². The largest absolute Gasteiger partial charge is 0.459 e. The van der Waals surface area contributed by atoms with Crippen LogP contribution < -0.4 is 5.32 Å². The molecule has 4 aromatic rings. The molecule has 1 aliphatic carbocycles. The first kappa shape index (κ1) is 25.5. The normalized spacial score (nSPS) is 13.3. The number of esters is 1. The van der Waals surface area contributed by atoms with Gasteiger partial charge in [-0.05, 0) is 62.8 Å². The molecule has 5 rings (SSSR count). The lowest BCUT2D eigenvalue weighted by Gasteiger charge is -2.14. The summed E-state index contributed by atoms with van der Waals surface area (Å²) in [6.45, 7) is 4.28. The molecule has 2 aromatic heterocycles. The number of aryl methyl sites for hydroxylation is 1. The number of rotatable bonds is 7. The van der Waals surface area contributed by atoms with Crippen LogP contribution in [-0.4, -0.2) is 22.5 Å². The Morgan fingerprint density at radius 2 is 1.84 bits per heavy atom. The van der Waals surface area contributed by atoms with Gasteiger partial charge in [0.15, 0.2) is 0 Å². The predicted molar refractivity (Wildman–Crippen MR) is 151 cm³/mol. The van der Waals surface area contributed by atoms with Crippen LogP contribution in [0, 0.1) is 11.3 Å². The van der Waals surface area contributed by atoms with Crippen LogP contribution >= 0.6 is 11.3 Å². The third-order valence-electron chi connectivity index (χ3n) is 6.63. The van der Waals surface area contributed by atoms with E-state index in [-0.39, 0.29) is 11.7 Å². The van der Waals surface area contributed by atoms with Crippen LogP contribution in [0.1, 0.15) is 58.6 Å². The van der Waals surface area contributed by atoms with E-state index >= 15 is 0 Å². The maximum absolute atomic E-state index is 13.3. The van der Waals surface area contributed by atoms with Gasteiger partial charge in [-0.3, -0.25) is 4.79 Å². The molecule has 0 aliphatic heterocycles. The molecule has 192 valence electrons. The van der Waals surface area contributed by atoms with Crippen LogP contribution in [0.2, 0.25) is 0 Å². The molecule has 0 atom stereocenters. The smallest absolute Gasteiger partial charge is 0.341 e. The Kier molecular flexibility index (Phi) is 7.43. The third-order valence-corrected chi connectivity index (χ3v) is 7.83. The summed E-state index contributed by atoms with van der Waals surface area (Å²) in [7, 11) is 0. The Bertz CT molecular complexity index is 1570. The van der Waals surface area contributed by atoms with Crippen molar-refractivity contribution in [1.82, 2.24) is 4.57 Å². The van der Waals surface area contributed by atoms with Gasteiger partial charge in [-0.25, -0.2) is 4.79 Å². The molecule has 1 N–H and O–H groups in total. The second-order valence-corrected chi connectivity index (χ2v) is 10.8. The van der Waals surface area contributed by atoms with Gasteiger partial charge in [0.05, 0.1) is 11.7 Å². The lowest BCUT2D eigenvalue weighted by Crippen LogP contribution is -2.18. The SMILES string of the molecule is CC(C)OC(=O)c1c(NC(=O)C(C#N)=Cc2cn(Cc3ccccc3)c3ccccc23)sc2c1CCCC2. The van der Waals surface area contributed by atoms with Crippen LogP contribution in [0.25, 0.3) is 17.0 Å². The van der Waals surface area contributed by atoms with E-state index in [2.05, 4.69) is 28.1 Å². The molecule has 0 spiro atoms. The first-order valence-electron chi connectivity index (χ1n) is 12.8. The highest BCUT2D eigenvalue weighted by Gasteiger charge is 2.28. The second-order valence-electron chi connectivity index (χ2n) is 9.71. The highest BCUT2D eigenvalue weighted by Crippen LogP contribution is 2.39. The third kappa shape index (κ3) is 5.27. The molecule has 0 radical (unpaired) electrons. The number of nitriles is 1. The Hall–Kier alpha value is -4.15. The number of carbonyl (C=O) groups excluding carboxylic acids is 2. The Morgan fingerprint density at radius 3 is 2.61 bits per heavy atom. The van der Waals surface area contributed by atoms with Crippen molar-refractivity contribution in [3.8, 4) is 6.07 Å². The fraction of sp³-hybridized carbons (Fsp3) is 0.258. The van der Waals surface area contributed by atoms with Crippen molar-refractivity contribution in [2.45, 2.75) is 52.2 Å². The summed E-state index contributed by atoms with van der Waals surface area (Å²) in [5.74, 6) is -0.967. The summed E-state index contributed by atoms with van der Waals surface area (Å²) in [5.41, 5.74) is 4.34. The Labute approximate surface area is 226 Å². The molecule has 0 saturated carbocycles. The van der Waals surface area contributed by atoms with E-state index in [9.17, 15) is 14.9 Å². The molecule has 2 heterocycles. The number of aromatic nitrogens is 1. The minimum Gasteiger partial charge on any atom is -0.459 e. The molecule has 1 aliphatic rings. The fourth-order valence-corrected chi connectivity index (χ4v) is 6.19. The number of hydrogen-bond donors (Lipinski definition) is 1. The van der Waals surface area contributed by atoms with Crippen LogP contribution in [0.3, 0.4) is 0 Å². The number of amides is 1. The molecule has 0 fully saturated rings. The number of para-hydroxylation sites is 1. The zero-order chi connectivity index (χ0) is 26.6. The number of nitrogens with one attached hydrogen (secondary N) is 1. The first-order chi connectivity index (χ1) is 18.4. The summed E-state index contributed by atoms with van der Waals surface area (Å²) >= 11 is 1.41. The number of carbonyl (C=O) groups is 2. The van der Waals surface area contributed by atoms with Crippen molar-refractivity contribution < 1.29 is 14.3 Å². The number of anilines is 1. The van der Waals surface area contributed by atoms with Gasteiger partial charge in [0, 0.05) is 34.1 Å². The summed E-state index contributed by atoms with van der Waals surface area (Å²) < 4.78 is 7.62. The zero-order valence-electron chi connectivity index (χ0n) is 21.5. The monoisotopic (exact) mass is 523 g/mol. The number of ether oxygens (including phenoxy) is 1. The molecule has 2 aromatic carbocycles. The number of fused-ring (bicyclic) bond motifs is 2. The lowest BCUT2D eigenvalue weighted by atomic mass is 9.95. The topological polar surface area (TPSA) is 84.1 Å². The van der Waals surface area contributed by atoms with E-state index < -0.39 is 11.9 Å². The standard InChI is InChI=1S/C31H29N3O3S/c1-20(2)37-31(36)28-25-13-7-9-15-27(25)38-30(28)33-29(35)22(17-32)16-23-19-34(18-21-10-4-3-5-11-21)26-14-8-6-12-24(23)26/h3-6,8,10-12,14,16,19-20H,7,9,13,15,18H2,1-2H3,(H,33,35). The summed E-state index contributed by atoms with van der Waals surface area (Å²) in [6, 6.07) is 20.2. The number of benzene rings is 2. The molecular weight excluding hydrogens is 494 g/mol. The van der Waals surface area contributed by atoms with Crippen LogP contribution in [0.15, 0.2) is 66.4 Å². The van der Waals surface area contributed by atoms with Crippen molar-refractivity contribution in [2.24, 2.45) is 0 Å². The highest BCUT2D eigenvalue weighted by atomic mass is 32.1. The van der Waals surface area contributed by atoms with Gasteiger partial charge in [0.1, 0.15) is 16.6 Å². The van der Waals surface area contributed by atoms with Crippen molar-refractivity contribution in [1.29, 1.82) is 5.26 Å². The highest BCUT2D eigenvalue weighted by molar-refractivity contribution is 7.17. The molecule has 38 heavy (non-hydrogen) atoms. The summed E-state index contributed by atoms with van der Waals surface area (Å²) in [4.78, 5) is 27.4. The van der Waals surface area contributed by atoms with Crippen LogP contribution in [0.5, 0.6) is 0 Å². The summed E-state index contributed by atoms with van der Waals surface area (Å²) in [5, 5.41) is 14.2. The number of hydrogen-bond acceptors (Lipinski definition) is 5. The average molecular weight is 524 g/mol. The van der Waals surface area contributed by atoms with Crippen LogP contribution in [-0.2, 0) is 28.9 Å². The van der Waals surface area contributed by atoms with Gasteiger partial charge in [-0.15, -0.1) is 11.3 Å². The van der Waals surface area contributed by atoms with Gasteiger partial charge < -0.3 is 14.6 Å². The van der Waals surface area contributed by atoms with Gasteiger partial charge in [0.2, 0.25) is 0 Å². The van der Waals surface area contributed by atoms with Crippen molar-refractivity contribution in [2.75, 3.05) is 5.32 Å². The van der Waals surface area contributed by atoms with E-state index in [1.54, 1.807) is 19.9 Å². The van der Waals surface area contributed by atoms with E-state index in [0.717, 1.165) is 58.2 Å². The Morgan fingerprint density at radius 1 is 1.11 bits per heavy atom. The van der Waals surface area contributed by atoms with Crippen molar-refractivity contribution >= 4 is 45.2 Å². The van der Waals surface area contributed by atoms with Gasteiger partial charge in [-0.2, -0.15) is 5.26 Å². The number of nitrogens with zero attached hydrogens (tertiary/aromatic N) is 2. The van der Waals surface area contributed by atoms with Gasteiger partial charge in [-0.1, -0.05) is 48.5 Å². The number of thiophene rings is 1. The van der Waals surface area contributed by atoms with Gasteiger partial charge in [0.25, 0.3) is 5.91 Å². The second kappa shape index (κ2) is 11.1. The minimum atomic E-state index is -0.537. The van der Waals surface area contributed by atoms with Crippen molar-refractivity contribution in [3.63, 3.8) is 0 Å². The zero-order valence-corrected chi connectivity index (χ0v) is 22.3. The molecule has 0 saturated heterocycles. The van der Waals surface area contributed by atoms with E-state index in [1.807, 2.05) is 48.7 Å². The lowest BCUT2D eigenvalue weighted by molar-refractivity contribution is -0.112. The maximum atomic E-state index is 13.3. The fourth-order valence-electron chi connectivity index (χ4n) is 4.92. The molecular formula is C31H29N3O3S. The van der Waals surface area contributed by atoms with E-state index in [4.69, 9.17) is 4.74 Å². The quantitative estimate of drug-likeness (QED) is 0.165. The van der Waals surface area contributed by atoms with E-state index in [1.165, 1.54) is 11.3 Å². The Balaban J connectivity index is 1.47. The van der Waals surface area contributed by atoms with E-state index in [0.29, 0.717) is 17.1 Å². The average Bonchev–Trinajstić information content (AvgIpc) is 3.45. The van der Waals surface area contributed by atoms with Crippen LogP contribution in [0.4, 0.5) is 5.00 Å². The molecule has 6 nitrogen and oxygen atoms in total. The minimum absolute atomic E-state index is 0.0258. The molecule has 7 heteroatoms. The summed E-state index contributed by atoms with van der Waals surface area (Å²) in [6.07, 6.45) is 7.03.